The lowest BCUT2D eigenvalue weighted by Gasteiger charge is -2.25. The largest absolute Gasteiger partial charge is 0.377 e. The average molecular weight is 627 g/mol. The lowest BCUT2D eigenvalue weighted by atomic mass is 10.1. The maximum Gasteiger partial charge on any atom is 0.280 e. The van der Waals surface area contributed by atoms with E-state index in [0.29, 0.717) is 21.5 Å². The van der Waals surface area contributed by atoms with Gasteiger partial charge in [-0.15, -0.1) is 29.0 Å². The van der Waals surface area contributed by atoms with E-state index in [0.717, 1.165) is 11.4 Å². The van der Waals surface area contributed by atoms with Crippen LogP contribution in [0.15, 0.2) is 92.9 Å². The third-order valence-electron chi connectivity index (χ3n) is 6.44. The van der Waals surface area contributed by atoms with Crippen molar-refractivity contribution in [1.29, 1.82) is 0 Å². The summed E-state index contributed by atoms with van der Waals surface area (Å²) in [4.78, 5) is 15.1. The first kappa shape index (κ1) is 28.9. The molecule has 14 heteroatoms. The van der Waals surface area contributed by atoms with Crippen LogP contribution in [-0.4, -0.2) is 60.0 Å². The van der Waals surface area contributed by atoms with Gasteiger partial charge in [0.05, 0.1) is 9.79 Å². The summed E-state index contributed by atoms with van der Waals surface area (Å²) in [5.74, 6) is -0.656. The number of aromatic nitrogens is 3. The Hall–Kier alpha value is -3.59. The molecule has 0 unspecified atom stereocenters. The van der Waals surface area contributed by atoms with Gasteiger partial charge in [0.2, 0.25) is 0 Å². The minimum Gasteiger partial charge on any atom is -0.377 e. The highest BCUT2D eigenvalue weighted by molar-refractivity contribution is 8.10. The van der Waals surface area contributed by atoms with Crippen molar-refractivity contribution in [3.63, 3.8) is 0 Å². The Bertz CT molecular complexity index is 1890. The lowest BCUT2D eigenvalue weighted by Crippen LogP contribution is -2.38. The summed E-state index contributed by atoms with van der Waals surface area (Å²) in [6, 6.07) is 19.8. The summed E-state index contributed by atoms with van der Waals surface area (Å²) in [6.45, 7) is 0. The molecule has 0 saturated heterocycles. The van der Waals surface area contributed by atoms with Crippen molar-refractivity contribution >= 4 is 84.2 Å². The molecule has 0 saturated carbocycles. The van der Waals surface area contributed by atoms with Gasteiger partial charge in [0.15, 0.2) is 10.3 Å². The van der Waals surface area contributed by atoms with Gasteiger partial charge in [0.1, 0.15) is 0 Å². The highest BCUT2D eigenvalue weighted by atomic mass is 32.3. The smallest absolute Gasteiger partial charge is 0.280 e. The van der Waals surface area contributed by atoms with E-state index in [-0.39, 0.29) is 23.8 Å². The van der Waals surface area contributed by atoms with Crippen molar-refractivity contribution in [3.05, 3.63) is 72.8 Å². The number of rotatable bonds is 7. The number of nitrogens with zero attached hydrogens (tertiary/aromatic N) is 6. The zero-order chi connectivity index (χ0) is 29.7. The summed E-state index contributed by atoms with van der Waals surface area (Å²) >= 11 is 8.27. The summed E-state index contributed by atoms with van der Waals surface area (Å²) in [5.41, 5.74) is 1.52. The Balaban J connectivity index is 1.85. The zero-order valence-corrected chi connectivity index (χ0v) is 25.9. The predicted octanol–water partition coefficient (Wildman–Crippen LogP) is 4.47. The van der Waals surface area contributed by atoms with Gasteiger partial charge in [-0.05, 0) is 24.3 Å². The Morgan fingerprint density at radius 2 is 0.902 bits per heavy atom. The Morgan fingerprint density at radius 1 is 0.537 bits per heavy atom. The third kappa shape index (κ3) is 5.05. The summed E-state index contributed by atoms with van der Waals surface area (Å²) in [5, 5.41) is 1.51. The van der Waals surface area contributed by atoms with Gasteiger partial charge in [0.25, 0.3) is 26.0 Å². The van der Waals surface area contributed by atoms with Crippen molar-refractivity contribution in [1.82, 2.24) is 15.0 Å². The number of benzene rings is 4. The predicted molar refractivity (Wildman–Crippen MR) is 168 cm³/mol. The molecule has 0 radical (unpaired) electrons. The fourth-order valence-corrected chi connectivity index (χ4v) is 9.03. The van der Waals surface area contributed by atoms with Crippen molar-refractivity contribution < 1.29 is 16.8 Å². The third-order valence-corrected chi connectivity index (χ3v) is 11.0. The molecule has 1 heterocycles. The Kier molecular flexibility index (Phi) is 7.53. The first-order valence-corrected chi connectivity index (χ1v) is 15.9. The topological polar surface area (TPSA) is 117 Å². The molecule has 0 N–H and O–H groups in total. The molecule has 0 aliphatic carbocycles. The zero-order valence-electron chi connectivity index (χ0n) is 22.5. The van der Waals surface area contributed by atoms with E-state index in [1.54, 1.807) is 48.5 Å². The summed E-state index contributed by atoms with van der Waals surface area (Å²) < 4.78 is 58.5. The molecular formula is C27H26N6O4S4. The minimum atomic E-state index is -4.86. The van der Waals surface area contributed by atoms with Gasteiger partial charge in [-0.25, -0.2) is 0 Å². The molecule has 4 aromatic carbocycles. The molecule has 5 rings (SSSR count). The SMILES string of the molecule is CN(C)c1cccc2c(S(=O)(=O)N(c3nc(S)nc(S)n3)S(=O)(=O)c3cccc4c(N(C)C)cccc34)cccc12. The molecule has 41 heavy (non-hydrogen) atoms. The van der Waals surface area contributed by atoms with Crippen LogP contribution >= 0.6 is 25.3 Å². The van der Waals surface area contributed by atoms with Crippen molar-refractivity contribution in [2.45, 2.75) is 20.1 Å². The van der Waals surface area contributed by atoms with Gasteiger partial charge in [-0.1, -0.05) is 48.5 Å². The van der Waals surface area contributed by atoms with E-state index in [1.165, 1.54) is 12.1 Å². The fraction of sp³-hybridized carbons (Fsp3) is 0.148. The van der Waals surface area contributed by atoms with Crippen LogP contribution in [0.2, 0.25) is 0 Å². The Labute approximate surface area is 249 Å². The first-order chi connectivity index (χ1) is 19.3. The van der Waals surface area contributed by atoms with E-state index >= 15 is 0 Å². The molecule has 0 spiro atoms. The van der Waals surface area contributed by atoms with Gasteiger partial charge in [0, 0.05) is 61.1 Å². The number of thiol groups is 2. The van der Waals surface area contributed by atoms with Crippen LogP contribution in [0.25, 0.3) is 21.5 Å². The number of anilines is 3. The molecule has 10 nitrogen and oxygen atoms in total. The summed E-state index contributed by atoms with van der Waals surface area (Å²) in [7, 11) is -2.38. The van der Waals surface area contributed by atoms with Crippen molar-refractivity contribution in [2.75, 3.05) is 41.7 Å². The lowest BCUT2D eigenvalue weighted by molar-refractivity contribution is 0.583. The summed E-state index contributed by atoms with van der Waals surface area (Å²) in [6.07, 6.45) is 0. The van der Waals surface area contributed by atoms with Gasteiger partial charge >= 0.3 is 0 Å². The minimum absolute atomic E-state index is 0.198. The normalized spacial score (nSPS) is 12.0. The standard InChI is InChI=1S/C27H26N6O4S4/c1-31(2)21-13-5-11-19-17(21)9-7-15-23(19)40(34,35)33(25-28-26(38)30-27(39)29-25)41(36,37)24-16-8-10-18-20(24)12-6-14-22(18)32(3)4/h5-16H,1-4H3,(H2,28,29,30,38,39). The van der Waals surface area contributed by atoms with Crippen LogP contribution < -0.4 is 13.5 Å². The number of sulfonamides is 2. The number of hydrogen-bond acceptors (Lipinski definition) is 11. The molecule has 0 aliphatic heterocycles. The van der Waals surface area contributed by atoms with Crippen LogP contribution in [0.1, 0.15) is 0 Å². The monoisotopic (exact) mass is 626 g/mol. The second kappa shape index (κ2) is 10.7. The quantitative estimate of drug-likeness (QED) is 0.253. The van der Waals surface area contributed by atoms with Crippen molar-refractivity contribution in [2.24, 2.45) is 0 Å². The molecular weight excluding hydrogens is 601 g/mol. The molecule has 212 valence electrons. The average Bonchev–Trinajstić information content (AvgIpc) is 2.90. The van der Waals surface area contributed by atoms with Gasteiger partial charge in [-0.2, -0.15) is 31.8 Å². The molecule has 0 aliphatic rings. The van der Waals surface area contributed by atoms with Gasteiger partial charge < -0.3 is 9.80 Å². The van der Waals surface area contributed by atoms with Crippen LogP contribution in [0.5, 0.6) is 0 Å². The van der Waals surface area contributed by atoms with Crippen LogP contribution in [0.3, 0.4) is 0 Å². The molecule has 0 fully saturated rings. The van der Waals surface area contributed by atoms with E-state index in [4.69, 9.17) is 0 Å². The Morgan fingerprint density at radius 3 is 1.29 bits per heavy atom. The second-order valence-corrected chi connectivity index (χ2v) is 14.0. The van der Waals surface area contributed by atoms with Crippen LogP contribution in [0, 0.1) is 0 Å². The van der Waals surface area contributed by atoms with Crippen LogP contribution in [0.4, 0.5) is 17.3 Å². The van der Waals surface area contributed by atoms with Crippen LogP contribution in [-0.2, 0) is 20.0 Å². The molecule has 0 bridgehead atoms. The van der Waals surface area contributed by atoms with E-state index in [1.807, 2.05) is 50.1 Å². The first-order valence-electron chi connectivity index (χ1n) is 12.2. The molecule has 0 amide bonds. The maximum absolute atomic E-state index is 14.6. The van der Waals surface area contributed by atoms with E-state index < -0.39 is 26.0 Å². The van der Waals surface area contributed by atoms with E-state index in [9.17, 15) is 16.8 Å². The number of hydrogen-bond donors (Lipinski definition) is 2. The fourth-order valence-electron chi connectivity index (χ4n) is 4.71. The molecule has 1 aromatic heterocycles. The highest BCUT2D eigenvalue weighted by Gasteiger charge is 2.41. The molecule has 5 aromatic rings. The number of fused-ring (bicyclic) bond motifs is 2. The van der Waals surface area contributed by atoms with Gasteiger partial charge in [-0.3, -0.25) is 0 Å². The highest BCUT2D eigenvalue weighted by Crippen LogP contribution is 2.38. The van der Waals surface area contributed by atoms with Crippen molar-refractivity contribution in [3.8, 4) is 0 Å². The maximum atomic E-state index is 14.6. The van der Waals surface area contributed by atoms with E-state index in [2.05, 4.69) is 40.2 Å². The second-order valence-electron chi connectivity index (χ2n) is 9.49. The molecule has 0 atom stereocenters.